The van der Waals surface area contributed by atoms with Crippen LogP contribution in [0.2, 0.25) is 0 Å². The first-order valence-electron chi connectivity index (χ1n) is 17.8. The molecular weight excluding hydrogens is 813 g/mol. The predicted molar refractivity (Wildman–Crippen MR) is 198 cm³/mol. The Balaban J connectivity index is 1.65. The van der Waals surface area contributed by atoms with E-state index in [9.17, 15) is 45.7 Å². The van der Waals surface area contributed by atoms with E-state index >= 15 is 0 Å². The molecule has 0 radical (unpaired) electrons. The summed E-state index contributed by atoms with van der Waals surface area (Å²) in [4.78, 5) is 56.4. The first kappa shape index (κ1) is 44.8. The van der Waals surface area contributed by atoms with Gasteiger partial charge in [0.1, 0.15) is 30.5 Å². The van der Waals surface area contributed by atoms with Crippen molar-refractivity contribution in [3.8, 4) is 17.2 Å². The number of carbonyl (C=O) groups is 4. The summed E-state index contributed by atoms with van der Waals surface area (Å²) in [6.45, 7) is 3.92. The number of carbonyl (C=O) groups excluding carboxylic acids is 4. The summed E-state index contributed by atoms with van der Waals surface area (Å²) in [6.07, 6.45) is -0.256. The molecule has 2 heterocycles. The van der Waals surface area contributed by atoms with Crippen molar-refractivity contribution in [1.29, 1.82) is 0 Å². The Kier molecular flexibility index (Phi) is 13.9. The first-order chi connectivity index (χ1) is 27.9. The first-order valence-corrected chi connectivity index (χ1v) is 19.7. The highest BCUT2D eigenvalue weighted by molar-refractivity contribution is 8.05. The quantitative estimate of drug-likeness (QED) is 0.0351. The number of halogens is 3. The zero-order chi connectivity index (χ0) is 43.1. The van der Waals surface area contributed by atoms with Gasteiger partial charge < -0.3 is 42.5 Å². The lowest BCUT2D eigenvalue weighted by Gasteiger charge is -2.38. The van der Waals surface area contributed by atoms with Gasteiger partial charge in [0.2, 0.25) is 20.8 Å². The average molecular weight is 855 g/mol. The molecule has 0 bridgehead atoms. The molecule has 1 fully saturated rings. The van der Waals surface area contributed by atoms with Gasteiger partial charge in [0, 0.05) is 39.2 Å². The van der Waals surface area contributed by atoms with Crippen molar-refractivity contribution in [2.45, 2.75) is 32.2 Å². The Hall–Kier alpha value is -5.29. The lowest BCUT2D eigenvalue weighted by molar-refractivity contribution is -0.489. The minimum Gasteiger partial charge on any atom is -0.713 e. The van der Waals surface area contributed by atoms with Crippen LogP contribution in [0.5, 0.6) is 17.2 Å². The number of fused-ring (bicyclic) bond motifs is 2. The van der Waals surface area contributed by atoms with E-state index in [0.717, 1.165) is 36.4 Å². The van der Waals surface area contributed by atoms with Gasteiger partial charge in [0.25, 0.3) is 11.8 Å². The van der Waals surface area contributed by atoms with Crippen LogP contribution in [0.15, 0.2) is 48.5 Å². The summed E-state index contributed by atoms with van der Waals surface area (Å²) in [5.74, 6) is -3.83. The summed E-state index contributed by atoms with van der Waals surface area (Å²) < 4.78 is 119. The number of hydroxylamine groups is 2. The van der Waals surface area contributed by atoms with E-state index < -0.39 is 66.4 Å². The molecule has 0 aliphatic carbocycles. The molecule has 59 heavy (non-hydrogen) atoms. The molecule has 1 aliphatic rings. The number of hydrogen-bond acceptors (Lipinski definition) is 14. The van der Waals surface area contributed by atoms with Gasteiger partial charge in [0.05, 0.1) is 61.5 Å². The van der Waals surface area contributed by atoms with Crippen LogP contribution >= 0.6 is 0 Å². The van der Waals surface area contributed by atoms with Crippen molar-refractivity contribution in [1.82, 2.24) is 5.06 Å². The van der Waals surface area contributed by atoms with Gasteiger partial charge in [-0.3, -0.25) is 14.1 Å². The molecule has 1 aromatic heterocycles. The molecule has 0 atom stereocenters. The normalized spacial score (nSPS) is 14.1. The van der Waals surface area contributed by atoms with Crippen molar-refractivity contribution in [3.63, 3.8) is 0 Å². The number of imide groups is 1. The van der Waals surface area contributed by atoms with E-state index in [0.29, 0.717) is 18.3 Å². The molecule has 21 heteroatoms. The van der Waals surface area contributed by atoms with Crippen LogP contribution in [0.25, 0.3) is 21.8 Å². The third-order valence-electron chi connectivity index (χ3n) is 8.76. The molecule has 5 rings (SSSR count). The minimum atomic E-state index is -8.08. The van der Waals surface area contributed by atoms with E-state index in [2.05, 4.69) is 0 Å². The van der Waals surface area contributed by atoms with Gasteiger partial charge in [0.15, 0.2) is 0 Å². The number of alkyl halides is 3. The topological polar surface area (TPSA) is 210 Å². The lowest BCUT2D eigenvalue weighted by Crippen LogP contribution is -2.69. The molecule has 4 aromatic rings. The van der Waals surface area contributed by atoms with Crippen LogP contribution in [-0.4, -0.2) is 115 Å². The Labute approximate surface area is 334 Å². The standard InChI is InChI=1S/C38H41F3N2O15S/c1-23-19-25(36(46)58-42-32(44)9-10-33(42)45)20-24(2)35(23)57-37(47)34-28-21-26(55-17-15-53-13-11-51-3)5-7-30(28)43(59(48,49,50)38(39,40)41)31-8-6-27(22-29(31)34)56-18-16-54-14-12-52-4/h5-8,19-22H,9-18H2,1-4H3,(H-,48,49,50). The number of nitrogens with zero attached hydrogens (tertiary/aromatic N) is 2. The number of ether oxygens (including phenoxy) is 7. The van der Waals surface area contributed by atoms with Crippen molar-refractivity contribution in [3.05, 3.63) is 70.8 Å². The van der Waals surface area contributed by atoms with Gasteiger partial charge in [-0.2, -0.15) is 17.4 Å². The van der Waals surface area contributed by atoms with Crippen molar-refractivity contribution >= 4 is 55.4 Å². The number of methoxy groups -OCH3 is 2. The number of amides is 2. The van der Waals surface area contributed by atoms with E-state index in [1.165, 1.54) is 40.2 Å². The van der Waals surface area contributed by atoms with Gasteiger partial charge >= 0.3 is 17.4 Å². The average Bonchev–Trinajstić information content (AvgIpc) is 3.49. The summed E-state index contributed by atoms with van der Waals surface area (Å²) in [5.41, 5.74) is -8.04. The van der Waals surface area contributed by atoms with Gasteiger partial charge in [-0.05, 0) is 61.4 Å². The predicted octanol–water partition coefficient (Wildman–Crippen LogP) is 4.13. The summed E-state index contributed by atoms with van der Waals surface area (Å²) in [6, 6.07) is 8.86. The van der Waals surface area contributed by atoms with E-state index in [1.807, 2.05) is 0 Å². The third-order valence-corrected chi connectivity index (χ3v) is 10.6. The molecule has 1 saturated heterocycles. The summed E-state index contributed by atoms with van der Waals surface area (Å²) in [7, 11) is -5.11. The molecule has 1 aliphatic heterocycles. The van der Waals surface area contributed by atoms with Gasteiger partial charge in [-0.25, -0.2) is 9.59 Å². The Morgan fingerprint density at radius 2 is 1.22 bits per heavy atom. The maximum Gasteiger partial charge on any atom is 0.515 e. The molecule has 3 aromatic carbocycles. The largest absolute Gasteiger partial charge is 0.713 e. The number of aromatic nitrogens is 1. The molecule has 0 spiro atoms. The van der Waals surface area contributed by atoms with Crippen LogP contribution in [0, 0.1) is 13.8 Å². The highest BCUT2D eigenvalue weighted by Crippen LogP contribution is 2.40. The molecule has 0 unspecified atom stereocenters. The summed E-state index contributed by atoms with van der Waals surface area (Å²) >= 11 is 0. The van der Waals surface area contributed by atoms with Gasteiger partial charge in [-0.1, -0.05) is 0 Å². The molecule has 320 valence electrons. The molecule has 2 amide bonds. The fourth-order valence-electron chi connectivity index (χ4n) is 6.00. The number of benzene rings is 3. The Bertz CT molecular complexity index is 2210. The Morgan fingerprint density at radius 1 is 0.763 bits per heavy atom. The monoisotopic (exact) mass is 854 g/mol. The van der Waals surface area contributed by atoms with E-state index in [4.69, 9.17) is 38.0 Å². The maximum atomic E-state index is 14.5. The maximum absolute atomic E-state index is 14.5. The number of rotatable bonds is 19. The van der Waals surface area contributed by atoms with Crippen LogP contribution in [0.1, 0.15) is 44.7 Å². The fourth-order valence-corrected chi connectivity index (χ4v) is 7.22. The molecule has 0 saturated carbocycles. The second-order valence-corrected chi connectivity index (χ2v) is 15.4. The molecular formula is C38H41F3N2O15S. The number of hydrogen-bond donors (Lipinski definition) is 1. The van der Waals surface area contributed by atoms with Crippen molar-refractivity contribution in [2.75, 3.05) is 67.1 Å². The van der Waals surface area contributed by atoms with Crippen LogP contribution in [0.3, 0.4) is 0 Å². The van der Waals surface area contributed by atoms with E-state index in [1.54, 1.807) is 0 Å². The SMILES string of the molecule is COCCOCCOc1ccc2c(c1)c(C(=O)Oc1c(C)cc(C(=O)ON3C(=O)CCC3=O)cc1C)c1cc(OCCOCCOC)ccc1[n+]2S(=O)([O-])(O)C(F)(F)F. The zero-order valence-corrected chi connectivity index (χ0v) is 33.1. The van der Waals surface area contributed by atoms with E-state index in [-0.39, 0.29) is 90.4 Å². The smallest absolute Gasteiger partial charge is 0.515 e. The van der Waals surface area contributed by atoms with Crippen molar-refractivity contribution < 1.29 is 87.6 Å². The zero-order valence-electron chi connectivity index (χ0n) is 32.3. The second-order valence-electron chi connectivity index (χ2n) is 13.0. The fraction of sp³-hybridized carbons (Fsp3) is 0.395. The third kappa shape index (κ3) is 9.78. The number of pyridine rings is 1. The second kappa shape index (κ2) is 18.3. The van der Waals surface area contributed by atoms with Crippen LogP contribution in [-0.2, 0) is 43.2 Å². The van der Waals surface area contributed by atoms with Crippen LogP contribution < -0.4 is 18.2 Å². The van der Waals surface area contributed by atoms with Crippen LogP contribution in [0.4, 0.5) is 13.2 Å². The summed E-state index contributed by atoms with van der Waals surface area (Å²) in [5, 5.41) is -0.541. The Morgan fingerprint density at radius 3 is 1.66 bits per heavy atom. The number of esters is 1. The van der Waals surface area contributed by atoms with Gasteiger partial charge in [-0.15, -0.1) is 9.04 Å². The lowest BCUT2D eigenvalue weighted by atomic mass is 10.0. The van der Waals surface area contributed by atoms with Crippen molar-refractivity contribution in [2.24, 2.45) is 0 Å². The highest BCUT2D eigenvalue weighted by atomic mass is 32.3. The molecule has 17 nitrogen and oxygen atoms in total. The minimum absolute atomic E-state index is 0.0296. The number of aryl methyl sites for hydroxylation is 2. The molecule has 1 N–H and O–H groups in total. The highest BCUT2D eigenvalue weighted by Gasteiger charge is 2.60.